The topological polar surface area (TPSA) is 85.4 Å². The number of carbonyl (C=O) groups excluding carboxylic acids is 1. The van der Waals surface area contributed by atoms with Crippen molar-refractivity contribution in [3.05, 3.63) is 47.5 Å². The zero-order valence-corrected chi connectivity index (χ0v) is 14.4. The number of carbonyl (C=O) groups is 1. The van der Waals surface area contributed by atoms with Gasteiger partial charge in [-0.3, -0.25) is 0 Å². The number of furan rings is 1. The second-order valence-electron chi connectivity index (χ2n) is 6.11. The summed E-state index contributed by atoms with van der Waals surface area (Å²) in [6.07, 6.45) is 1.64. The van der Waals surface area contributed by atoms with Gasteiger partial charge in [0.1, 0.15) is 17.3 Å². The Bertz CT molecular complexity index is 787. The van der Waals surface area contributed by atoms with Crippen LogP contribution in [-0.4, -0.2) is 42.1 Å². The minimum absolute atomic E-state index is 0.0973. The molecule has 7 heteroatoms. The van der Waals surface area contributed by atoms with Gasteiger partial charge >= 0.3 is 6.03 Å². The van der Waals surface area contributed by atoms with Crippen LogP contribution in [0.2, 0.25) is 0 Å². The van der Waals surface area contributed by atoms with Gasteiger partial charge in [0, 0.05) is 32.4 Å². The van der Waals surface area contributed by atoms with Crippen molar-refractivity contribution >= 4 is 11.8 Å². The Morgan fingerprint density at radius 3 is 2.72 bits per heavy atom. The molecule has 0 unspecified atom stereocenters. The van der Waals surface area contributed by atoms with E-state index in [0.29, 0.717) is 31.7 Å². The molecule has 0 spiro atoms. The Hall–Kier alpha value is -3.01. The van der Waals surface area contributed by atoms with E-state index in [2.05, 4.69) is 21.3 Å². The van der Waals surface area contributed by atoms with E-state index < -0.39 is 0 Å². The number of nitrogens with one attached hydrogen (secondary N) is 1. The number of piperazine rings is 1. The van der Waals surface area contributed by atoms with Crippen LogP contribution in [-0.2, 0) is 0 Å². The number of rotatable bonds is 3. The van der Waals surface area contributed by atoms with Gasteiger partial charge < -0.3 is 19.5 Å². The highest BCUT2D eigenvalue weighted by molar-refractivity contribution is 5.75. The molecule has 0 radical (unpaired) electrons. The third-order valence-corrected chi connectivity index (χ3v) is 4.29. The molecule has 3 rings (SSSR count). The van der Waals surface area contributed by atoms with Gasteiger partial charge in [-0.15, -0.1) is 0 Å². The number of pyridine rings is 1. The van der Waals surface area contributed by atoms with Crippen molar-refractivity contribution in [2.75, 3.05) is 31.1 Å². The molecular weight excluding hydrogens is 318 g/mol. The average molecular weight is 339 g/mol. The van der Waals surface area contributed by atoms with Crippen LogP contribution in [0.5, 0.6) is 0 Å². The molecule has 25 heavy (non-hydrogen) atoms. The first kappa shape index (κ1) is 16.8. The van der Waals surface area contributed by atoms with Crippen LogP contribution in [0.3, 0.4) is 0 Å². The second kappa shape index (κ2) is 7.26. The minimum Gasteiger partial charge on any atom is -0.464 e. The number of amides is 2. The van der Waals surface area contributed by atoms with Gasteiger partial charge in [0.2, 0.25) is 0 Å². The van der Waals surface area contributed by atoms with Crippen molar-refractivity contribution in [1.82, 2.24) is 15.2 Å². The van der Waals surface area contributed by atoms with Crippen LogP contribution in [0.15, 0.2) is 34.9 Å². The molecule has 1 fully saturated rings. The summed E-state index contributed by atoms with van der Waals surface area (Å²) < 4.78 is 5.55. The van der Waals surface area contributed by atoms with E-state index in [1.165, 1.54) is 0 Å². The first-order valence-electron chi connectivity index (χ1n) is 8.29. The van der Waals surface area contributed by atoms with Crippen LogP contribution in [0.4, 0.5) is 10.6 Å². The molecule has 2 aromatic heterocycles. The largest absolute Gasteiger partial charge is 0.464 e. The lowest BCUT2D eigenvalue weighted by Gasteiger charge is -2.35. The quantitative estimate of drug-likeness (QED) is 0.928. The van der Waals surface area contributed by atoms with Crippen molar-refractivity contribution in [3.63, 3.8) is 0 Å². The van der Waals surface area contributed by atoms with Gasteiger partial charge in [0.25, 0.3) is 0 Å². The Labute approximate surface area is 146 Å². The van der Waals surface area contributed by atoms with Gasteiger partial charge in [-0.2, -0.15) is 5.26 Å². The predicted molar refractivity (Wildman–Crippen MR) is 93.1 cm³/mol. The molecule has 0 saturated carbocycles. The predicted octanol–water partition coefficient (Wildman–Crippen LogP) is 2.45. The van der Waals surface area contributed by atoms with E-state index >= 15 is 0 Å². The average Bonchev–Trinajstić information content (AvgIpc) is 3.08. The molecule has 3 heterocycles. The highest BCUT2D eigenvalue weighted by atomic mass is 16.3. The fraction of sp³-hybridized carbons (Fsp3) is 0.389. The maximum absolute atomic E-state index is 12.4. The van der Waals surface area contributed by atoms with Crippen LogP contribution in [0, 0.1) is 18.3 Å². The summed E-state index contributed by atoms with van der Waals surface area (Å²) in [5.74, 6) is 2.36. The van der Waals surface area contributed by atoms with Crippen LogP contribution >= 0.6 is 0 Å². The molecule has 1 aliphatic rings. The van der Waals surface area contributed by atoms with E-state index in [-0.39, 0.29) is 12.1 Å². The SMILES string of the molecule is Cc1ccc([C@@H](C)NC(=O)N2CCN(c3cc(C#N)ccn3)CC2)o1. The monoisotopic (exact) mass is 339 g/mol. The lowest BCUT2D eigenvalue weighted by Crippen LogP contribution is -2.52. The summed E-state index contributed by atoms with van der Waals surface area (Å²) in [4.78, 5) is 20.6. The van der Waals surface area contributed by atoms with Crippen molar-refractivity contribution < 1.29 is 9.21 Å². The zero-order chi connectivity index (χ0) is 17.8. The van der Waals surface area contributed by atoms with Gasteiger partial charge in [-0.1, -0.05) is 0 Å². The van der Waals surface area contributed by atoms with Gasteiger partial charge in [-0.25, -0.2) is 9.78 Å². The van der Waals surface area contributed by atoms with E-state index in [9.17, 15) is 4.79 Å². The summed E-state index contributed by atoms with van der Waals surface area (Å²) in [6.45, 7) is 6.37. The van der Waals surface area contributed by atoms with E-state index in [4.69, 9.17) is 9.68 Å². The number of aromatic nitrogens is 1. The molecule has 1 aliphatic heterocycles. The zero-order valence-electron chi connectivity index (χ0n) is 14.4. The maximum Gasteiger partial charge on any atom is 0.318 e. The molecule has 0 bridgehead atoms. The molecule has 0 aromatic carbocycles. The fourth-order valence-electron chi connectivity index (χ4n) is 2.83. The summed E-state index contributed by atoms with van der Waals surface area (Å²) in [5, 5.41) is 12.0. The Morgan fingerprint density at radius 1 is 1.32 bits per heavy atom. The lowest BCUT2D eigenvalue weighted by atomic mass is 10.2. The van der Waals surface area contributed by atoms with Crippen LogP contribution in [0.1, 0.15) is 30.0 Å². The number of anilines is 1. The molecule has 2 aromatic rings. The van der Waals surface area contributed by atoms with Crippen molar-refractivity contribution in [2.45, 2.75) is 19.9 Å². The summed E-state index contributed by atoms with van der Waals surface area (Å²) in [5.41, 5.74) is 0.590. The minimum atomic E-state index is -0.173. The molecule has 1 saturated heterocycles. The first-order chi connectivity index (χ1) is 12.1. The van der Waals surface area contributed by atoms with Crippen LogP contribution < -0.4 is 10.2 Å². The highest BCUT2D eigenvalue weighted by Gasteiger charge is 2.23. The maximum atomic E-state index is 12.4. The van der Waals surface area contributed by atoms with Crippen LogP contribution in [0.25, 0.3) is 0 Å². The molecule has 1 atom stereocenters. The Kier molecular flexibility index (Phi) is 4.89. The van der Waals surface area contributed by atoms with Crippen molar-refractivity contribution in [2.24, 2.45) is 0 Å². The molecule has 2 amide bonds. The highest BCUT2D eigenvalue weighted by Crippen LogP contribution is 2.17. The van der Waals surface area contributed by atoms with Crippen molar-refractivity contribution in [1.29, 1.82) is 5.26 Å². The standard InChI is InChI=1S/C18H21N5O2/c1-13-3-4-16(25-13)14(2)21-18(24)23-9-7-22(8-10-23)17-11-15(12-19)5-6-20-17/h3-6,11,14H,7-10H2,1-2H3,(H,21,24)/t14-/m1/s1. The van der Waals surface area contributed by atoms with Gasteiger partial charge in [-0.05, 0) is 38.1 Å². The lowest BCUT2D eigenvalue weighted by molar-refractivity contribution is 0.189. The number of aryl methyl sites for hydroxylation is 1. The third-order valence-electron chi connectivity index (χ3n) is 4.29. The molecule has 130 valence electrons. The summed E-state index contributed by atoms with van der Waals surface area (Å²) in [7, 11) is 0. The number of hydrogen-bond donors (Lipinski definition) is 1. The number of hydrogen-bond acceptors (Lipinski definition) is 5. The number of nitriles is 1. The van der Waals surface area contributed by atoms with Gasteiger partial charge in [0.15, 0.2) is 0 Å². The normalized spacial score (nSPS) is 15.6. The number of nitrogens with zero attached hydrogens (tertiary/aromatic N) is 4. The second-order valence-corrected chi connectivity index (χ2v) is 6.11. The van der Waals surface area contributed by atoms with Crippen molar-refractivity contribution in [3.8, 4) is 6.07 Å². The van der Waals surface area contributed by atoms with E-state index in [0.717, 1.165) is 17.3 Å². The Morgan fingerprint density at radius 2 is 2.08 bits per heavy atom. The number of urea groups is 1. The molecule has 0 aliphatic carbocycles. The molecular formula is C18H21N5O2. The smallest absolute Gasteiger partial charge is 0.318 e. The molecule has 7 nitrogen and oxygen atoms in total. The summed E-state index contributed by atoms with van der Waals surface area (Å²) in [6, 6.07) is 9.08. The Balaban J connectivity index is 1.54. The fourth-order valence-corrected chi connectivity index (χ4v) is 2.83. The summed E-state index contributed by atoms with van der Waals surface area (Å²) >= 11 is 0. The first-order valence-corrected chi connectivity index (χ1v) is 8.29. The molecule has 1 N–H and O–H groups in total. The van der Waals surface area contributed by atoms with Gasteiger partial charge in [0.05, 0.1) is 17.7 Å². The third kappa shape index (κ3) is 3.91. The van der Waals surface area contributed by atoms with E-state index in [1.54, 1.807) is 23.2 Å². The van der Waals surface area contributed by atoms with E-state index in [1.807, 2.05) is 26.0 Å².